The Kier molecular flexibility index (Phi) is 2.96. The van der Waals surface area contributed by atoms with Gasteiger partial charge in [-0.05, 0) is 12.8 Å². The molecule has 0 amide bonds. The molecule has 98 valence electrons. The van der Waals surface area contributed by atoms with E-state index >= 15 is 0 Å². The lowest BCUT2D eigenvalue weighted by atomic mass is 9.80. The lowest BCUT2D eigenvalue weighted by molar-refractivity contribution is -0.141. The monoisotopic (exact) mass is 247 g/mol. The summed E-state index contributed by atoms with van der Waals surface area (Å²) in [6, 6.07) is 0.0626. The molecule has 6 atom stereocenters. The highest BCUT2D eigenvalue weighted by Crippen LogP contribution is 2.48. The second kappa shape index (κ2) is 4.36. The van der Waals surface area contributed by atoms with Crippen molar-refractivity contribution in [3.05, 3.63) is 23.6 Å². The van der Waals surface area contributed by atoms with Crippen LogP contribution >= 0.6 is 0 Å². The van der Waals surface area contributed by atoms with E-state index in [1.807, 2.05) is 6.92 Å². The van der Waals surface area contributed by atoms with Gasteiger partial charge in [-0.15, -0.1) is 0 Å². The summed E-state index contributed by atoms with van der Waals surface area (Å²) >= 11 is 0. The summed E-state index contributed by atoms with van der Waals surface area (Å²) in [6.07, 6.45) is 9.23. The first kappa shape index (κ1) is 12.2. The molecule has 1 unspecified atom stereocenters. The Morgan fingerprint density at radius 1 is 1.50 bits per heavy atom. The topological polar surface area (TPSA) is 22.8 Å². The summed E-state index contributed by atoms with van der Waals surface area (Å²) in [6.45, 7) is 11.3. The first-order chi connectivity index (χ1) is 8.63. The smallest absolute Gasteiger partial charge is 0.223 e. The van der Waals surface area contributed by atoms with Crippen LogP contribution in [0.4, 0.5) is 0 Å². The van der Waals surface area contributed by atoms with E-state index in [2.05, 4.69) is 23.9 Å². The van der Waals surface area contributed by atoms with Gasteiger partial charge in [-0.25, -0.2) is 6.57 Å². The second-order valence-corrected chi connectivity index (χ2v) is 6.07. The Morgan fingerprint density at radius 2 is 2.33 bits per heavy atom. The van der Waals surface area contributed by atoms with Gasteiger partial charge in [0, 0.05) is 25.7 Å². The Bertz CT molecular complexity index is 400. The van der Waals surface area contributed by atoms with E-state index in [9.17, 15) is 0 Å². The Balaban J connectivity index is 1.74. The molecule has 18 heavy (non-hydrogen) atoms. The second-order valence-electron chi connectivity index (χ2n) is 6.07. The van der Waals surface area contributed by atoms with E-state index in [0.717, 1.165) is 25.7 Å². The molecule has 0 saturated carbocycles. The van der Waals surface area contributed by atoms with Crippen molar-refractivity contribution in [3.63, 3.8) is 0 Å². The predicted octanol–water partition coefficient (Wildman–Crippen LogP) is 2.97. The Hall–Kier alpha value is -0.850. The van der Waals surface area contributed by atoms with Crippen LogP contribution < -0.4 is 0 Å². The molecule has 2 aliphatic heterocycles. The van der Waals surface area contributed by atoms with E-state index in [1.165, 1.54) is 0 Å². The summed E-state index contributed by atoms with van der Waals surface area (Å²) in [5.74, 6) is 0.505. The SMILES string of the molecule is [C-]#[N+][C@H](C)C[C@H]1CC[C@@H]2O[C@@H]3C[C@]2(C=CC3C)O1. The number of ether oxygens (including phenoxy) is 2. The lowest BCUT2D eigenvalue weighted by Gasteiger charge is -2.40. The van der Waals surface area contributed by atoms with Crippen molar-refractivity contribution >= 4 is 0 Å². The summed E-state index contributed by atoms with van der Waals surface area (Å²) in [7, 11) is 0. The zero-order chi connectivity index (χ0) is 12.8. The minimum absolute atomic E-state index is 0.0626. The van der Waals surface area contributed by atoms with Gasteiger partial charge in [0.05, 0.1) is 18.3 Å². The van der Waals surface area contributed by atoms with Crippen LogP contribution in [0.1, 0.15) is 39.5 Å². The van der Waals surface area contributed by atoms with Crippen LogP contribution in [0.2, 0.25) is 0 Å². The van der Waals surface area contributed by atoms with Crippen molar-refractivity contribution in [1.29, 1.82) is 0 Å². The molecule has 0 aromatic heterocycles. The molecule has 0 radical (unpaired) electrons. The molecular formula is C15H21NO2. The molecular weight excluding hydrogens is 226 g/mol. The van der Waals surface area contributed by atoms with Gasteiger partial charge in [0.2, 0.25) is 6.04 Å². The molecule has 3 nitrogen and oxygen atoms in total. The highest BCUT2D eigenvalue weighted by molar-refractivity contribution is 5.20. The van der Waals surface area contributed by atoms with Crippen molar-refractivity contribution in [2.45, 2.75) is 69.5 Å². The molecule has 2 bridgehead atoms. The maximum absolute atomic E-state index is 7.07. The first-order valence-corrected chi connectivity index (χ1v) is 7.02. The zero-order valence-corrected chi connectivity index (χ0v) is 11.1. The van der Waals surface area contributed by atoms with Gasteiger partial charge in [0.1, 0.15) is 5.60 Å². The van der Waals surface area contributed by atoms with Crippen LogP contribution in [0.3, 0.4) is 0 Å². The Labute approximate surface area is 109 Å². The lowest BCUT2D eigenvalue weighted by Crippen LogP contribution is -2.47. The van der Waals surface area contributed by atoms with Gasteiger partial charge < -0.3 is 14.3 Å². The quantitative estimate of drug-likeness (QED) is 0.553. The van der Waals surface area contributed by atoms with Crippen molar-refractivity contribution in [2.75, 3.05) is 0 Å². The first-order valence-electron chi connectivity index (χ1n) is 7.02. The molecule has 1 spiro atoms. The van der Waals surface area contributed by atoms with Gasteiger partial charge in [-0.3, -0.25) is 0 Å². The highest BCUT2D eigenvalue weighted by Gasteiger charge is 2.54. The highest BCUT2D eigenvalue weighted by atomic mass is 16.6. The van der Waals surface area contributed by atoms with Crippen molar-refractivity contribution in [2.24, 2.45) is 5.92 Å². The molecule has 3 rings (SSSR count). The number of nitrogens with zero attached hydrogens (tertiary/aromatic N) is 1. The fourth-order valence-electron chi connectivity index (χ4n) is 3.53. The van der Waals surface area contributed by atoms with Gasteiger partial charge in [0.15, 0.2) is 0 Å². The van der Waals surface area contributed by atoms with Gasteiger partial charge in [-0.1, -0.05) is 19.1 Å². The Morgan fingerprint density at radius 3 is 3.11 bits per heavy atom. The number of fused-ring (bicyclic) bond motifs is 1. The average molecular weight is 247 g/mol. The molecule has 1 aliphatic carbocycles. The maximum Gasteiger partial charge on any atom is 0.223 e. The molecule has 3 heteroatoms. The van der Waals surface area contributed by atoms with E-state index in [1.54, 1.807) is 0 Å². The predicted molar refractivity (Wildman–Crippen MR) is 69.1 cm³/mol. The number of hydrogen-bond donors (Lipinski definition) is 0. The third-order valence-corrected chi connectivity index (χ3v) is 4.63. The zero-order valence-electron chi connectivity index (χ0n) is 11.1. The number of rotatable bonds is 2. The van der Waals surface area contributed by atoms with Gasteiger partial charge in [0.25, 0.3) is 0 Å². The molecule has 3 aliphatic rings. The van der Waals surface area contributed by atoms with Crippen LogP contribution in [-0.2, 0) is 9.47 Å². The molecule has 0 aromatic carbocycles. The maximum atomic E-state index is 7.07. The molecule has 0 N–H and O–H groups in total. The normalized spacial score (nSPS) is 47.4. The van der Waals surface area contributed by atoms with Crippen LogP contribution in [0, 0.1) is 12.5 Å². The minimum atomic E-state index is -0.179. The third kappa shape index (κ3) is 1.88. The fourth-order valence-corrected chi connectivity index (χ4v) is 3.53. The average Bonchev–Trinajstić information content (AvgIpc) is 2.68. The van der Waals surface area contributed by atoms with Crippen molar-refractivity contribution in [1.82, 2.24) is 0 Å². The van der Waals surface area contributed by atoms with E-state index in [0.29, 0.717) is 12.0 Å². The van der Waals surface area contributed by atoms with Gasteiger partial charge in [-0.2, -0.15) is 0 Å². The third-order valence-electron chi connectivity index (χ3n) is 4.63. The van der Waals surface area contributed by atoms with Crippen LogP contribution in [0.15, 0.2) is 12.2 Å². The largest absolute Gasteiger partial charge is 0.371 e. The minimum Gasteiger partial charge on any atom is -0.371 e. The summed E-state index contributed by atoms with van der Waals surface area (Å²) in [5.41, 5.74) is -0.179. The summed E-state index contributed by atoms with van der Waals surface area (Å²) < 4.78 is 12.5. The van der Waals surface area contributed by atoms with E-state index in [4.69, 9.17) is 16.0 Å². The molecule has 0 aromatic rings. The fraction of sp³-hybridized carbons (Fsp3) is 0.800. The molecule has 2 fully saturated rings. The number of hydrogen-bond acceptors (Lipinski definition) is 2. The van der Waals surface area contributed by atoms with Crippen molar-refractivity contribution < 1.29 is 9.47 Å². The van der Waals surface area contributed by atoms with E-state index in [-0.39, 0.29) is 23.9 Å². The summed E-state index contributed by atoms with van der Waals surface area (Å²) in [5, 5.41) is 0. The van der Waals surface area contributed by atoms with Crippen molar-refractivity contribution in [3.8, 4) is 0 Å². The summed E-state index contributed by atoms with van der Waals surface area (Å²) in [4.78, 5) is 3.58. The van der Waals surface area contributed by atoms with Gasteiger partial charge >= 0.3 is 0 Å². The van der Waals surface area contributed by atoms with Crippen LogP contribution in [0.25, 0.3) is 4.85 Å². The molecule has 2 saturated heterocycles. The van der Waals surface area contributed by atoms with Crippen LogP contribution in [-0.4, -0.2) is 30.0 Å². The standard InChI is InChI=1S/C15H21NO2/c1-10-6-7-15-9-13(10)17-14(15)5-4-12(18-15)8-11(2)16-3/h6-7,10-14H,4-5,8-9H2,1-2H3/t10?,11-,12-,13-,14+,15+/m1/s1. The van der Waals surface area contributed by atoms with E-state index < -0.39 is 0 Å². The molecule has 2 heterocycles. The van der Waals surface area contributed by atoms with Crippen LogP contribution in [0.5, 0.6) is 0 Å².